The molecule has 8 nitrogen and oxygen atoms in total. The number of aromatic nitrogens is 1. The molecule has 2 aromatic rings. The lowest BCUT2D eigenvalue weighted by Gasteiger charge is -2.29. The lowest BCUT2D eigenvalue weighted by Crippen LogP contribution is -2.31. The Labute approximate surface area is 157 Å². The van der Waals surface area contributed by atoms with E-state index in [0.717, 1.165) is 36.9 Å². The zero-order valence-electron chi connectivity index (χ0n) is 14.7. The van der Waals surface area contributed by atoms with E-state index in [1.54, 1.807) is 18.2 Å². The fourth-order valence-electron chi connectivity index (χ4n) is 3.64. The van der Waals surface area contributed by atoms with Gasteiger partial charge in [-0.3, -0.25) is 10.1 Å². The van der Waals surface area contributed by atoms with Gasteiger partial charge in [0.05, 0.1) is 4.92 Å². The first kappa shape index (κ1) is 17.9. The molecule has 0 N–H and O–H groups in total. The number of rotatable bonds is 4. The molecule has 0 unspecified atom stereocenters. The summed E-state index contributed by atoms with van der Waals surface area (Å²) in [4.78, 5) is 17.2. The third kappa shape index (κ3) is 3.40. The van der Waals surface area contributed by atoms with E-state index in [1.165, 1.54) is 16.6 Å². The smallest absolute Gasteiger partial charge is 0.269 e. The van der Waals surface area contributed by atoms with E-state index in [0.29, 0.717) is 25.5 Å². The number of nitro benzene ring substituents is 1. The summed E-state index contributed by atoms with van der Waals surface area (Å²) in [6, 6.07) is 8.26. The van der Waals surface area contributed by atoms with Crippen LogP contribution in [0.4, 0.5) is 11.5 Å². The molecule has 2 aliphatic heterocycles. The molecule has 0 atom stereocenters. The highest BCUT2D eigenvalue weighted by Crippen LogP contribution is 2.27. The molecule has 27 heavy (non-hydrogen) atoms. The topological polar surface area (TPSA) is 96.7 Å². The van der Waals surface area contributed by atoms with Crippen LogP contribution in [-0.4, -0.2) is 42.3 Å². The van der Waals surface area contributed by atoms with Crippen LogP contribution in [0.25, 0.3) is 0 Å². The summed E-state index contributed by atoms with van der Waals surface area (Å²) in [5.41, 5.74) is 2.09. The first-order valence-electron chi connectivity index (χ1n) is 8.92. The number of nitro groups is 1. The molecule has 0 saturated carbocycles. The molecule has 0 spiro atoms. The normalized spacial score (nSPS) is 17.7. The Hall–Kier alpha value is -2.52. The fourth-order valence-corrected chi connectivity index (χ4v) is 5.11. The fraction of sp³-hybridized carbons (Fsp3) is 0.389. The predicted molar refractivity (Wildman–Crippen MR) is 100 cm³/mol. The van der Waals surface area contributed by atoms with Crippen LogP contribution in [0.15, 0.2) is 41.4 Å². The zero-order chi connectivity index (χ0) is 19.0. The Kier molecular flexibility index (Phi) is 4.56. The van der Waals surface area contributed by atoms with E-state index in [9.17, 15) is 18.5 Å². The number of pyridine rings is 1. The van der Waals surface area contributed by atoms with Gasteiger partial charge in [0.2, 0.25) is 10.0 Å². The average Bonchev–Trinajstić information content (AvgIpc) is 3.23. The van der Waals surface area contributed by atoms with Gasteiger partial charge in [-0.05, 0) is 42.5 Å². The molecular weight excluding hydrogens is 368 g/mol. The van der Waals surface area contributed by atoms with Gasteiger partial charge in [-0.25, -0.2) is 13.4 Å². The maximum Gasteiger partial charge on any atom is 0.269 e. The monoisotopic (exact) mass is 388 g/mol. The van der Waals surface area contributed by atoms with Crippen LogP contribution in [0.2, 0.25) is 0 Å². The molecule has 1 fully saturated rings. The van der Waals surface area contributed by atoms with Crippen molar-refractivity contribution in [3.63, 3.8) is 0 Å². The third-order valence-corrected chi connectivity index (χ3v) is 7.04. The minimum Gasteiger partial charge on any atom is -0.352 e. The number of benzene rings is 1. The maximum atomic E-state index is 12.6. The van der Waals surface area contributed by atoms with Crippen LogP contribution in [0, 0.1) is 10.1 Å². The minimum absolute atomic E-state index is 0.0793. The van der Waals surface area contributed by atoms with Crippen LogP contribution < -0.4 is 4.90 Å². The Morgan fingerprint density at radius 3 is 2.48 bits per heavy atom. The molecule has 1 aromatic carbocycles. The first-order chi connectivity index (χ1) is 12.9. The Morgan fingerprint density at radius 1 is 1.04 bits per heavy atom. The van der Waals surface area contributed by atoms with Crippen molar-refractivity contribution in [2.45, 2.75) is 30.7 Å². The highest BCUT2D eigenvalue weighted by atomic mass is 32.2. The Bertz CT molecular complexity index is 969. The summed E-state index contributed by atoms with van der Waals surface area (Å²) < 4.78 is 26.7. The standard InChI is InChI=1S/C18H20N4O4S/c23-22(24)16-4-3-14-7-10-20(13-15(14)11-16)18-6-5-17(12-19-18)27(25,26)21-8-1-2-9-21/h3-6,11-12H,1-2,7-10,13H2. The Balaban J connectivity index is 1.55. The van der Waals surface area contributed by atoms with Crippen molar-refractivity contribution >= 4 is 21.5 Å². The molecule has 0 aliphatic carbocycles. The van der Waals surface area contributed by atoms with Gasteiger partial charge in [-0.1, -0.05) is 6.07 Å². The van der Waals surface area contributed by atoms with Crippen molar-refractivity contribution < 1.29 is 13.3 Å². The lowest BCUT2D eigenvalue weighted by molar-refractivity contribution is -0.384. The number of hydrogen-bond acceptors (Lipinski definition) is 6. The number of anilines is 1. The number of fused-ring (bicyclic) bond motifs is 1. The molecule has 9 heteroatoms. The summed E-state index contributed by atoms with van der Waals surface area (Å²) >= 11 is 0. The van der Waals surface area contributed by atoms with Gasteiger partial charge < -0.3 is 4.90 Å². The van der Waals surface area contributed by atoms with Gasteiger partial charge in [0.25, 0.3) is 5.69 Å². The average molecular weight is 388 g/mol. The molecule has 0 radical (unpaired) electrons. The highest BCUT2D eigenvalue weighted by Gasteiger charge is 2.28. The lowest BCUT2D eigenvalue weighted by atomic mass is 9.99. The van der Waals surface area contributed by atoms with Crippen LogP contribution in [0.3, 0.4) is 0 Å². The van der Waals surface area contributed by atoms with Crippen LogP contribution in [0.5, 0.6) is 0 Å². The molecule has 1 aromatic heterocycles. The van der Waals surface area contributed by atoms with E-state index in [4.69, 9.17) is 0 Å². The zero-order valence-corrected chi connectivity index (χ0v) is 15.6. The van der Waals surface area contributed by atoms with E-state index >= 15 is 0 Å². The molecule has 0 bridgehead atoms. The summed E-state index contributed by atoms with van der Waals surface area (Å²) in [7, 11) is -3.47. The van der Waals surface area contributed by atoms with Crippen LogP contribution >= 0.6 is 0 Å². The van der Waals surface area contributed by atoms with Crippen molar-refractivity contribution in [3.05, 3.63) is 57.8 Å². The summed E-state index contributed by atoms with van der Waals surface area (Å²) in [5.74, 6) is 0.674. The third-order valence-electron chi connectivity index (χ3n) is 5.16. The van der Waals surface area contributed by atoms with Crippen molar-refractivity contribution in [2.75, 3.05) is 24.5 Å². The second-order valence-corrected chi connectivity index (χ2v) is 8.78. The molecule has 3 heterocycles. The molecule has 2 aliphatic rings. The SMILES string of the molecule is O=[N+]([O-])c1ccc2c(c1)CN(c1ccc(S(=O)(=O)N3CCCC3)cn1)CC2. The van der Waals surface area contributed by atoms with E-state index in [2.05, 4.69) is 4.98 Å². The molecule has 4 rings (SSSR count). The quantitative estimate of drug-likeness (QED) is 0.589. The van der Waals surface area contributed by atoms with Crippen molar-refractivity contribution in [2.24, 2.45) is 0 Å². The number of sulfonamides is 1. The van der Waals surface area contributed by atoms with Crippen molar-refractivity contribution in [1.29, 1.82) is 0 Å². The molecule has 0 amide bonds. The molecule has 1 saturated heterocycles. The van der Waals surface area contributed by atoms with Gasteiger partial charge in [-0.2, -0.15) is 4.31 Å². The minimum atomic E-state index is -3.47. The van der Waals surface area contributed by atoms with Gasteiger partial charge in [0.15, 0.2) is 0 Å². The second-order valence-electron chi connectivity index (χ2n) is 6.84. The van der Waals surface area contributed by atoms with E-state index < -0.39 is 14.9 Å². The number of non-ortho nitro benzene ring substituents is 1. The van der Waals surface area contributed by atoms with Gasteiger partial charge in [0, 0.05) is 44.5 Å². The number of nitrogens with zero attached hydrogens (tertiary/aromatic N) is 4. The highest BCUT2D eigenvalue weighted by molar-refractivity contribution is 7.89. The van der Waals surface area contributed by atoms with Crippen LogP contribution in [-0.2, 0) is 23.0 Å². The van der Waals surface area contributed by atoms with Gasteiger partial charge in [0.1, 0.15) is 10.7 Å². The van der Waals surface area contributed by atoms with E-state index in [-0.39, 0.29) is 10.6 Å². The van der Waals surface area contributed by atoms with Gasteiger partial charge >= 0.3 is 0 Å². The summed E-state index contributed by atoms with van der Waals surface area (Å²) in [6.45, 7) is 2.37. The Morgan fingerprint density at radius 2 is 1.81 bits per heavy atom. The van der Waals surface area contributed by atoms with Gasteiger partial charge in [-0.15, -0.1) is 0 Å². The van der Waals surface area contributed by atoms with E-state index in [1.807, 2.05) is 11.0 Å². The molecular formula is C18H20N4O4S. The number of hydrogen-bond donors (Lipinski definition) is 0. The maximum absolute atomic E-state index is 12.6. The second kappa shape index (κ2) is 6.90. The summed E-state index contributed by atoms with van der Waals surface area (Å²) in [5, 5.41) is 11.0. The first-order valence-corrected chi connectivity index (χ1v) is 10.4. The summed E-state index contributed by atoms with van der Waals surface area (Å²) in [6.07, 6.45) is 3.96. The van der Waals surface area contributed by atoms with Crippen molar-refractivity contribution in [1.82, 2.24) is 9.29 Å². The predicted octanol–water partition coefficient (Wildman–Crippen LogP) is 2.34. The molecule has 142 valence electrons. The van der Waals surface area contributed by atoms with Crippen molar-refractivity contribution in [3.8, 4) is 0 Å². The largest absolute Gasteiger partial charge is 0.352 e. The van der Waals surface area contributed by atoms with Crippen LogP contribution in [0.1, 0.15) is 24.0 Å².